The molecule has 19 heavy (non-hydrogen) atoms. The van der Waals surface area contributed by atoms with Crippen molar-refractivity contribution in [2.45, 2.75) is 26.8 Å². The van der Waals surface area contributed by atoms with Gasteiger partial charge in [0.05, 0.1) is 15.9 Å². The van der Waals surface area contributed by atoms with E-state index in [0.717, 1.165) is 20.3 Å². The molecule has 0 N–H and O–H groups in total. The van der Waals surface area contributed by atoms with Gasteiger partial charge in [-0.15, -0.1) is 0 Å². The van der Waals surface area contributed by atoms with Crippen LogP contribution in [0.2, 0.25) is 0 Å². The van der Waals surface area contributed by atoms with Crippen molar-refractivity contribution in [1.82, 2.24) is 9.78 Å². The standard InChI is InChI=1S/C14H14Br2N2O/c1-8-13(16)9(2)18(17-8)10(3)14(19)11-4-6-12(15)7-5-11/h4-7,10H,1-3H3. The van der Waals surface area contributed by atoms with E-state index in [4.69, 9.17) is 0 Å². The number of carbonyl (C=O) groups excluding carboxylic acids is 1. The van der Waals surface area contributed by atoms with Crippen LogP contribution in [0.1, 0.15) is 34.7 Å². The van der Waals surface area contributed by atoms with Crippen LogP contribution in [0.4, 0.5) is 0 Å². The zero-order valence-corrected chi connectivity index (χ0v) is 14.1. The Morgan fingerprint density at radius 2 is 1.79 bits per heavy atom. The molecule has 0 spiro atoms. The maximum atomic E-state index is 12.4. The van der Waals surface area contributed by atoms with Gasteiger partial charge in [0.15, 0.2) is 5.78 Å². The predicted octanol–water partition coefficient (Wildman–Crippen LogP) is 4.47. The summed E-state index contributed by atoms with van der Waals surface area (Å²) in [6, 6.07) is 7.08. The van der Waals surface area contributed by atoms with E-state index in [1.165, 1.54) is 0 Å². The molecule has 2 rings (SSSR count). The minimum absolute atomic E-state index is 0.0607. The quantitative estimate of drug-likeness (QED) is 0.730. The highest BCUT2D eigenvalue weighted by Gasteiger charge is 2.21. The molecule has 1 heterocycles. The molecule has 0 aliphatic rings. The number of aromatic nitrogens is 2. The number of halogens is 2. The molecule has 0 aliphatic heterocycles. The number of hydrogen-bond acceptors (Lipinski definition) is 2. The number of rotatable bonds is 3. The first-order valence-electron chi connectivity index (χ1n) is 5.92. The van der Waals surface area contributed by atoms with E-state index in [9.17, 15) is 4.79 Å². The molecule has 100 valence electrons. The van der Waals surface area contributed by atoms with Gasteiger partial charge < -0.3 is 0 Å². The molecule has 1 atom stereocenters. The van der Waals surface area contributed by atoms with E-state index in [0.29, 0.717) is 5.56 Å². The second-order valence-electron chi connectivity index (χ2n) is 4.48. The van der Waals surface area contributed by atoms with Crippen molar-refractivity contribution < 1.29 is 4.79 Å². The van der Waals surface area contributed by atoms with Gasteiger partial charge in [0.1, 0.15) is 6.04 Å². The molecular weight excluding hydrogens is 372 g/mol. The topological polar surface area (TPSA) is 34.9 Å². The molecule has 0 saturated carbocycles. The van der Waals surface area contributed by atoms with E-state index >= 15 is 0 Å². The zero-order valence-electron chi connectivity index (χ0n) is 10.9. The van der Waals surface area contributed by atoms with Crippen molar-refractivity contribution in [3.63, 3.8) is 0 Å². The van der Waals surface area contributed by atoms with Gasteiger partial charge in [-0.2, -0.15) is 5.10 Å². The summed E-state index contributed by atoms with van der Waals surface area (Å²) in [5, 5.41) is 4.41. The maximum absolute atomic E-state index is 12.4. The Hall–Kier alpha value is -0.940. The molecule has 5 heteroatoms. The van der Waals surface area contributed by atoms with Crippen molar-refractivity contribution >= 4 is 37.6 Å². The van der Waals surface area contributed by atoms with Gasteiger partial charge in [-0.05, 0) is 48.8 Å². The second-order valence-corrected chi connectivity index (χ2v) is 6.19. The summed E-state index contributed by atoms with van der Waals surface area (Å²) in [7, 11) is 0. The maximum Gasteiger partial charge on any atom is 0.187 e. The SMILES string of the molecule is Cc1nn(C(C)C(=O)c2ccc(Br)cc2)c(C)c1Br. The summed E-state index contributed by atoms with van der Waals surface area (Å²) in [5.41, 5.74) is 2.56. The Balaban J connectivity index is 2.33. The molecule has 1 aromatic carbocycles. The Kier molecular flexibility index (Phi) is 4.26. The van der Waals surface area contributed by atoms with Crippen LogP contribution in [-0.4, -0.2) is 15.6 Å². The fraction of sp³-hybridized carbons (Fsp3) is 0.286. The third kappa shape index (κ3) is 2.82. The van der Waals surface area contributed by atoms with Crippen LogP contribution in [0.3, 0.4) is 0 Å². The molecule has 1 unspecified atom stereocenters. The smallest absolute Gasteiger partial charge is 0.187 e. The second kappa shape index (κ2) is 5.59. The molecule has 0 fully saturated rings. The van der Waals surface area contributed by atoms with Crippen LogP contribution >= 0.6 is 31.9 Å². The van der Waals surface area contributed by atoms with Gasteiger partial charge in [-0.3, -0.25) is 9.48 Å². The molecule has 1 aromatic heterocycles. The van der Waals surface area contributed by atoms with Crippen LogP contribution in [0.5, 0.6) is 0 Å². The molecule has 0 bridgehead atoms. The largest absolute Gasteiger partial charge is 0.292 e. The average Bonchev–Trinajstić information content (AvgIpc) is 2.66. The van der Waals surface area contributed by atoms with E-state index in [-0.39, 0.29) is 11.8 Å². The van der Waals surface area contributed by atoms with Crippen LogP contribution in [0.25, 0.3) is 0 Å². The summed E-state index contributed by atoms with van der Waals surface area (Å²) in [6.45, 7) is 5.75. The number of Topliss-reactive ketones (excluding diaryl/α,β-unsaturated/α-hetero) is 1. The summed E-state index contributed by atoms with van der Waals surface area (Å²) < 4.78 is 3.69. The summed E-state index contributed by atoms with van der Waals surface area (Å²) in [4.78, 5) is 12.4. The van der Waals surface area contributed by atoms with Crippen molar-refractivity contribution in [3.8, 4) is 0 Å². The van der Waals surface area contributed by atoms with E-state index in [1.807, 2.05) is 45.0 Å². The Morgan fingerprint density at radius 1 is 1.21 bits per heavy atom. The van der Waals surface area contributed by atoms with Gasteiger partial charge in [0.25, 0.3) is 0 Å². The van der Waals surface area contributed by atoms with Crippen molar-refractivity contribution in [1.29, 1.82) is 0 Å². The lowest BCUT2D eigenvalue weighted by Crippen LogP contribution is -2.19. The number of aryl methyl sites for hydroxylation is 1. The van der Waals surface area contributed by atoms with Gasteiger partial charge in [0, 0.05) is 10.0 Å². The normalized spacial score (nSPS) is 12.5. The van der Waals surface area contributed by atoms with Crippen LogP contribution in [0.15, 0.2) is 33.2 Å². The average molecular weight is 386 g/mol. The van der Waals surface area contributed by atoms with Crippen molar-refractivity contribution in [2.24, 2.45) is 0 Å². The Bertz CT molecular complexity index is 617. The van der Waals surface area contributed by atoms with Gasteiger partial charge in [0.2, 0.25) is 0 Å². The lowest BCUT2D eigenvalue weighted by molar-refractivity contribution is 0.0926. The molecule has 3 nitrogen and oxygen atoms in total. The van der Waals surface area contributed by atoms with Crippen LogP contribution in [0, 0.1) is 13.8 Å². The Morgan fingerprint density at radius 3 is 2.26 bits per heavy atom. The summed E-state index contributed by atoms with van der Waals surface area (Å²) in [6.07, 6.45) is 0. The third-order valence-electron chi connectivity index (χ3n) is 3.11. The third-order valence-corrected chi connectivity index (χ3v) is 4.79. The highest BCUT2D eigenvalue weighted by Crippen LogP contribution is 2.24. The van der Waals surface area contributed by atoms with Crippen LogP contribution in [-0.2, 0) is 0 Å². The fourth-order valence-corrected chi connectivity index (χ4v) is 2.51. The van der Waals surface area contributed by atoms with Gasteiger partial charge >= 0.3 is 0 Å². The number of hydrogen-bond donors (Lipinski definition) is 0. The van der Waals surface area contributed by atoms with E-state index < -0.39 is 0 Å². The van der Waals surface area contributed by atoms with Gasteiger partial charge in [-0.1, -0.05) is 28.1 Å². The molecule has 0 saturated heterocycles. The number of carbonyl (C=O) groups is 1. The first-order valence-corrected chi connectivity index (χ1v) is 7.51. The van der Waals surface area contributed by atoms with Gasteiger partial charge in [-0.25, -0.2) is 0 Å². The fourth-order valence-electron chi connectivity index (χ4n) is 1.99. The molecular formula is C14H14Br2N2O. The molecule has 0 aliphatic carbocycles. The zero-order chi connectivity index (χ0) is 14.2. The van der Waals surface area contributed by atoms with Crippen molar-refractivity contribution in [3.05, 3.63) is 50.2 Å². The first-order chi connectivity index (χ1) is 8.91. The van der Waals surface area contributed by atoms with Crippen LogP contribution < -0.4 is 0 Å². The number of ketones is 1. The number of nitrogens with zero attached hydrogens (tertiary/aromatic N) is 2. The van der Waals surface area contributed by atoms with E-state index in [2.05, 4.69) is 37.0 Å². The predicted molar refractivity (Wildman–Crippen MR) is 82.6 cm³/mol. The van der Waals surface area contributed by atoms with Crippen molar-refractivity contribution in [2.75, 3.05) is 0 Å². The molecule has 2 aromatic rings. The first kappa shape index (κ1) is 14.5. The highest BCUT2D eigenvalue weighted by atomic mass is 79.9. The molecule has 0 radical (unpaired) electrons. The summed E-state index contributed by atoms with van der Waals surface area (Å²) >= 11 is 6.85. The lowest BCUT2D eigenvalue weighted by Gasteiger charge is -2.13. The van der Waals surface area contributed by atoms with E-state index in [1.54, 1.807) is 4.68 Å². The lowest BCUT2D eigenvalue weighted by atomic mass is 10.1. The molecule has 0 amide bonds. The number of benzene rings is 1. The minimum Gasteiger partial charge on any atom is -0.292 e. The Labute approximate surface area is 129 Å². The monoisotopic (exact) mass is 384 g/mol. The minimum atomic E-state index is -0.314. The highest BCUT2D eigenvalue weighted by molar-refractivity contribution is 9.10. The summed E-state index contributed by atoms with van der Waals surface area (Å²) in [5.74, 6) is 0.0607.